The highest BCUT2D eigenvalue weighted by atomic mass is 16.8. The lowest BCUT2D eigenvalue weighted by molar-refractivity contribution is -0.378. The van der Waals surface area contributed by atoms with Crippen LogP contribution in [-0.4, -0.2) is 150 Å². The van der Waals surface area contributed by atoms with E-state index in [9.17, 15) is 51.1 Å². The highest BCUT2D eigenvalue weighted by Crippen LogP contribution is 2.75. The summed E-state index contributed by atoms with van der Waals surface area (Å²) in [5.41, 5.74) is -0.544. The molecule has 0 aromatic heterocycles. The molecule has 4 saturated carbocycles. The van der Waals surface area contributed by atoms with Gasteiger partial charge in [-0.15, -0.1) is 0 Å². The van der Waals surface area contributed by atoms with Gasteiger partial charge in [-0.05, 0) is 123 Å². The second kappa shape index (κ2) is 16.2. The SMILES string of the molecule is CC(C)(O)C(O)C/C=C(\CO)[C@H]1CC[C@]2(C)[C@@H]1CC[C@@H]1[C@@]3(C)CC[C@H](O[C@@H]4O[C@H](CO)[C@@H](O)[C@H](O)[C@H]4OC4O[C@H](CO)[C@@H](O)[C@H](O)[C@H]4O)C(C)(C)[C@@H]3CC[C@]12C. The maximum atomic E-state index is 11.3. The maximum absolute atomic E-state index is 11.3. The van der Waals surface area contributed by atoms with Crippen molar-refractivity contribution in [1.29, 1.82) is 0 Å². The van der Waals surface area contributed by atoms with Crippen LogP contribution in [0.4, 0.5) is 0 Å². The fourth-order valence-electron chi connectivity index (χ4n) is 13.1. The van der Waals surface area contributed by atoms with Crippen molar-refractivity contribution in [2.24, 2.45) is 45.3 Å². The zero-order chi connectivity index (χ0) is 41.3. The Morgan fingerprint density at radius 1 is 0.714 bits per heavy atom. The Morgan fingerprint density at radius 2 is 1.32 bits per heavy atom. The molecule has 2 heterocycles. The first-order chi connectivity index (χ1) is 26.1. The smallest absolute Gasteiger partial charge is 0.187 e. The van der Waals surface area contributed by atoms with E-state index in [4.69, 9.17) is 18.9 Å². The summed E-state index contributed by atoms with van der Waals surface area (Å²) in [4.78, 5) is 0. The molecule has 19 atom stereocenters. The van der Waals surface area contributed by atoms with Gasteiger partial charge in [-0.2, -0.15) is 0 Å². The standard InChI is InChI=1S/C42H72O14/c1-38(2)26-13-17-42(7)27(10-9-23-22(12-16-41(23,42)6)21(18-43)8-11-28(46)39(3,4)52)40(26,5)15-14-29(38)55-37-35(33(50)31(48)25(20-45)54-37)56-36-34(51)32(49)30(47)24(19-44)53-36/h8,22-37,43-52H,9-20H2,1-7H3/b21-8+/t22-,23-,24-,25-,26+,27-,28?,29+,30-,31-,32+,33+,34-,35-,36?,37+,40+,41-,42-/m1/s1. The van der Waals surface area contributed by atoms with Crippen LogP contribution in [0, 0.1) is 45.3 Å². The van der Waals surface area contributed by atoms with Gasteiger partial charge in [0.15, 0.2) is 12.6 Å². The predicted octanol–water partition coefficient (Wildman–Crippen LogP) is 1.12. The largest absolute Gasteiger partial charge is 0.394 e. The van der Waals surface area contributed by atoms with Crippen LogP contribution in [0.15, 0.2) is 11.6 Å². The first-order valence-corrected chi connectivity index (χ1v) is 21.0. The van der Waals surface area contributed by atoms with E-state index >= 15 is 0 Å². The average Bonchev–Trinajstić information content (AvgIpc) is 3.49. The van der Waals surface area contributed by atoms with E-state index in [0.29, 0.717) is 24.7 Å². The quantitative estimate of drug-likeness (QED) is 0.104. The summed E-state index contributed by atoms with van der Waals surface area (Å²) in [6.07, 6.45) is -6.35. The lowest BCUT2D eigenvalue weighted by Crippen LogP contribution is -2.66. The fourth-order valence-corrected chi connectivity index (χ4v) is 13.1. The van der Waals surface area contributed by atoms with Gasteiger partial charge in [-0.3, -0.25) is 0 Å². The Balaban J connectivity index is 1.21. The lowest BCUT2D eigenvalue weighted by atomic mass is 9.35. The van der Waals surface area contributed by atoms with Crippen molar-refractivity contribution in [3.8, 4) is 0 Å². The molecule has 4 aliphatic carbocycles. The van der Waals surface area contributed by atoms with E-state index in [1.165, 1.54) is 0 Å². The van der Waals surface area contributed by atoms with E-state index < -0.39 is 86.3 Å². The number of fused-ring (bicyclic) bond motifs is 5. The Labute approximate surface area is 331 Å². The Bertz CT molecular complexity index is 1390. The van der Waals surface area contributed by atoms with Gasteiger partial charge in [0.2, 0.25) is 0 Å². The third-order valence-electron chi connectivity index (χ3n) is 16.7. The first-order valence-electron chi connectivity index (χ1n) is 21.0. The van der Waals surface area contributed by atoms with Gasteiger partial charge in [0.05, 0.1) is 37.6 Å². The molecular weight excluding hydrogens is 728 g/mol. The maximum Gasteiger partial charge on any atom is 0.187 e. The molecule has 2 saturated heterocycles. The van der Waals surface area contributed by atoms with Gasteiger partial charge in [-0.1, -0.05) is 40.7 Å². The topological polar surface area (TPSA) is 239 Å². The second-order valence-electron chi connectivity index (χ2n) is 20.1. The van der Waals surface area contributed by atoms with Crippen molar-refractivity contribution in [2.75, 3.05) is 19.8 Å². The molecule has 2 aliphatic heterocycles. The highest BCUT2D eigenvalue weighted by Gasteiger charge is 2.69. The predicted molar refractivity (Wildman–Crippen MR) is 202 cm³/mol. The van der Waals surface area contributed by atoms with E-state index in [2.05, 4.69) is 34.6 Å². The van der Waals surface area contributed by atoms with E-state index in [1.54, 1.807) is 13.8 Å². The van der Waals surface area contributed by atoms with Crippen molar-refractivity contribution in [3.63, 3.8) is 0 Å². The Hall–Kier alpha value is -0.820. The monoisotopic (exact) mass is 800 g/mol. The Kier molecular flexibility index (Phi) is 13.0. The lowest BCUT2D eigenvalue weighted by Gasteiger charge is -2.70. The average molecular weight is 801 g/mol. The second-order valence-corrected chi connectivity index (χ2v) is 20.1. The van der Waals surface area contributed by atoms with Crippen molar-refractivity contribution < 1.29 is 70.0 Å². The number of rotatable bonds is 11. The summed E-state index contributed by atoms with van der Waals surface area (Å²) in [5.74, 6) is 1.34. The first kappa shape index (κ1) is 44.7. The van der Waals surface area contributed by atoms with Crippen molar-refractivity contribution >= 4 is 0 Å². The number of hydrogen-bond donors (Lipinski definition) is 10. The van der Waals surface area contributed by atoms with E-state index in [0.717, 1.165) is 50.5 Å². The molecule has 0 spiro atoms. The van der Waals surface area contributed by atoms with Crippen molar-refractivity contribution in [3.05, 3.63) is 11.6 Å². The summed E-state index contributed by atoms with van der Waals surface area (Å²) in [6.45, 7) is 13.7. The van der Waals surface area contributed by atoms with E-state index in [1.807, 2.05) is 6.08 Å². The molecule has 2 unspecified atom stereocenters. The van der Waals surface area contributed by atoms with Crippen molar-refractivity contribution in [1.82, 2.24) is 0 Å². The minimum Gasteiger partial charge on any atom is -0.394 e. The molecule has 0 radical (unpaired) electrons. The number of ether oxygens (including phenoxy) is 4. The minimum atomic E-state index is -1.75. The Morgan fingerprint density at radius 3 is 1.93 bits per heavy atom. The van der Waals surface area contributed by atoms with Crippen molar-refractivity contribution in [2.45, 2.75) is 185 Å². The van der Waals surface area contributed by atoms with Crippen LogP contribution in [0.5, 0.6) is 0 Å². The molecule has 0 aromatic rings. The molecule has 6 rings (SSSR count). The van der Waals surface area contributed by atoms with Crippen LogP contribution in [0.3, 0.4) is 0 Å². The zero-order valence-corrected chi connectivity index (χ0v) is 34.4. The summed E-state index contributed by atoms with van der Waals surface area (Å²) in [6, 6.07) is 0. The summed E-state index contributed by atoms with van der Waals surface area (Å²) in [7, 11) is 0. The van der Waals surface area contributed by atoms with Gasteiger partial charge in [0, 0.05) is 0 Å². The van der Waals surface area contributed by atoms with Crippen LogP contribution >= 0.6 is 0 Å². The summed E-state index contributed by atoms with van der Waals surface area (Å²) in [5, 5.41) is 105. The molecule has 0 bridgehead atoms. The molecule has 0 amide bonds. The number of aliphatic hydroxyl groups is 10. The highest BCUT2D eigenvalue weighted by molar-refractivity contribution is 5.22. The van der Waals surface area contributed by atoms with E-state index in [-0.39, 0.29) is 46.2 Å². The number of hydrogen-bond acceptors (Lipinski definition) is 14. The molecule has 56 heavy (non-hydrogen) atoms. The molecule has 14 heteroatoms. The molecule has 6 fully saturated rings. The van der Waals surface area contributed by atoms with Gasteiger partial charge < -0.3 is 70.0 Å². The summed E-state index contributed by atoms with van der Waals surface area (Å²) >= 11 is 0. The third kappa shape index (κ3) is 7.37. The molecule has 324 valence electrons. The molecule has 6 aliphatic rings. The number of aliphatic hydroxyl groups excluding tert-OH is 9. The summed E-state index contributed by atoms with van der Waals surface area (Å²) < 4.78 is 24.4. The van der Waals surface area contributed by atoms with Crippen LogP contribution in [0.25, 0.3) is 0 Å². The van der Waals surface area contributed by atoms with Gasteiger partial charge in [0.1, 0.15) is 48.8 Å². The molecule has 10 N–H and O–H groups in total. The normalized spacial score (nSPS) is 50.2. The molecule has 0 aromatic carbocycles. The third-order valence-corrected chi connectivity index (χ3v) is 16.7. The van der Waals surface area contributed by atoms with Crippen LogP contribution in [0.2, 0.25) is 0 Å². The van der Waals surface area contributed by atoms with Crippen LogP contribution < -0.4 is 0 Å². The van der Waals surface area contributed by atoms with Crippen LogP contribution in [-0.2, 0) is 18.9 Å². The fraction of sp³-hybridized carbons (Fsp3) is 0.952. The van der Waals surface area contributed by atoms with Gasteiger partial charge in [0.25, 0.3) is 0 Å². The molecular formula is C42H72O14. The van der Waals surface area contributed by atoms with Gasteiger partial charge in [-0.25, -0.2) is 0 Å². The minimum absolute atomic E-state index is 0.0160. The molecule has 14 nitrogen and oxygen atoms in total. The van der Waals surface area contributed by atoms with Gasteiger partial charge >= 0.3 is 0 Å². The van der Waals surface area contributed by atoms with Crippen LogP contribution in [0.1, 0.15) is 106 Å². The zero-order valence-electron chi connectivity index (χ0n) is 34.4.